The zero-order valence-corrected chi connectivity index (χ0v) is 19.6. The monoisotopic (exact) mass is 569 g/mol. The third kappa shape index (κ3) is 5.30. The molecule has 0 bridgehead atoms. The van der Waals surface area contributed by atoms with E-state index in [2.05, 4.69) is 36.2 Å². The van der Waals surface area contributed by atoms with Gasteiger partial charge in [0.15, 0.2) is 11.6 Å². The second kappa shape index (κ2) is 9.93. The molecule has 0 radical (unpaired) electrons. The van der Waals surface area contributed by atoms with Crippen molar-refractivity contribution in [2.75, 3.05) is 17.2 Å². The van der Waals surface area contributed by atoms with Crippen molar-refractivity contribution in [3.63, 3.8) is 0 Å². The van der Waals surface area contributed by atoms with Gasteiger partial charge in [-0.2, -0.15) is 18.3 Å². The summed E-state index contributed by atoms with van der Waals surface area (Å²) in [7, 11) is 0. The van der Waals surface area contributed by atoms with Crippen molar-refractivity contribution < 1.29 is 32.0 Å². The van der Waals surface area contributed by atoms with Crippen LogP contribution in [0.15, 0.2) is 53.4 Å². The Balaban J connectivity index is 1.70. The van der Waals surface area contributed by atoms with Gasteiger partial charge in [-0.1, -0.05) is 39.3 Å². The number of alkyl halides is 4. The van der Waals surface area contributed by atoms with Gasteiger partial charge in [0, 0.05) is 11.6 Å². The van der Waals surface area contributed by atoms with E-state index in [1.54, 1.807) is 30.3 Å². The molecule has 0 saturated carbocycles. The van der Waals surface area contributed by atoms with Gasteiger partial charge in [-0.25, -0.2) is 19.2 Å². The number of halogens is 5. The first-order valence-corrected chi connectivity index (χ1v) is 11.0. The minimum absolute atomic E-state index is 0.0271. The molecule has 4 aromatic rings. The predicted octanol–water partition coefficient (Wildman–Crippen LogP) is 4.57. The average Bonchev–Trinajstić information content (AvgIpc) is 3.48. The smallest absolute Gasteiger partial charge is 0.412 e. The summed E-state index contributed by atoms with van der Waals surface area (Å²) in [6, 6.07) is 9.23. The molecule has 1 atom stereocenters. The number of carboxylic acid groups (broad SMARTS) is 1. The lowest BCUT2D eigenvalue weighted by Gasteiger charge is -2.24. The number of rotatable bonds is 7. The van der Waals surface area contributed by atoms with Crippen LogP contribution in [-0.4, -0.2) is 53.7 Å². The van der Waals surface area contributed by atoms with Gasteiger partial charge in [0.1, 0.15) is 34.0 Å². The minimum Gasteiger partial charge on any atom is -0.465 e. The molecule has 188 valence electrons. The first kappa shape index (κ1) is 25.1. The molecule has 3 N–H and O–H groups in total. The van der Waals surface area contributed by atoms with Crippen molar-refractivity contribution in [1.29, 1.82) is 0 Å². The van der Waals surface area contributed by atoms with Crippen LogP contribution in [0.4, 0.5) is 33.9 Å². The number of anilines is 2. The number of aromatic nitrogens is 5. The maximum Gasteiger partial charge on any atom is 0.412 e. The van der Waals surface area contributed by atoms with Crippen molar-refractivity contribution in [2.24, 2.45) is 0 Å². The first-order chi connectivity index (χ1) is 17.0. The summed E-state index contributed by atoms with van der Waals surface area (Å²) in [6.07, 6.45) is -4.02. The van der Waals surface area contributed by atoms with Gasteiger partial charge < -0.3 is 15.4 Å². The molecule has 1 aromatic carbocycles. The van der Waals surface area contributed by atoms with Crippen LogP contribution in [-0.2, 0) is 6.54 Å². The van der Waals surface area contributed by atoms with Gasteiger partial charge in [0.2, 0.25) is 0 Å². The fourth-order valence-electron chi connectivity index (χ4n) is 3.25. The third-order valence-corrected chi connectivity index (χ3v) is 5.81. The molecule has 1 amide bonds. The predicted molar refractivity (Wildman–Crippen MR) is 123 cm³/mol. The fourth-order valence-corrected chi connectivity index (χ4v) is 3.54. The van der Waals surface area contributed by atoms with Crippen LogP contribution in [0.2, 0.25) is 0 Å². The lowest BCUT2D eigenvalue weighted by Crippen LogP contribution is -2.40. The van der Waals surface area contributed by atoms with E-state index in [1.165, 1.54) is 17.0 Å². The highest BCUT2D eigenvalue weighted by molar-refractivity contribution is 9.09. The zero-order chi connectivity index (χ0) is 26.0. The summed E-state index contributed by atoms with van der Waals surface area (Å²) < 4.78 is 59.4. The Morgan fingerprint density at radius 3 is 2.61 bits per heavy atom. The van der Waals surface area contributed by atoms with E-state index in [0.717, 1.165) is 6.20 Å². The van der Waals surface area contributed by atoms with Crippen LogP contribution in [0.3, 0.4) is 0 Å². The summed E-state index contributed by atoms with van der Waals surface area (Å²) >= 11 is 2.44. The largest absolute Gasteiger partial charge is 0.465 e. The Hall–Kier alpha value is -4.01. The van der Waals surface area contributed by atoms with Crippen molar-refractivity contribution in [2.45, 2.75) is 17.5 Å². The van der Waals surface area contributed by atoms with Crippen molar-refractivity contribution in [1.82, 2.24) is 24.9 Å². The summed E-state index contributed by atoms with van der Waals surface area (Å²) in [5, 5.41) is 17.7. The molecule has 0 fully saturated rings. The molecule has 0 aliphatic carbocycles. The number of carbonyl (C=O) groups is 1. The quantitative estimate of drug-likeness (QED) is 0.244. The zero-order valence-electron chi connectivity index (χ0n) is 18.0. The second-order valence-electron chi connectivity index (χ2n) is 7.41. The van der Waals surface area contributed by atoms with Gasteiger partial charge in [-0.3, -0.25) is 9.58 Å². The molecule has 3 aromatic heterocycles. The normalized spacial score (nSPS) is 12.5. The van der Waals surface area contributed by atoms with E-state index in [1.807, 2.05) is 0 Å². The van der Waals surface area contributed by atoms with Gasteiger partial charge in [0.25, 0.3) is 0 Å². The molecule has 10 nitrogen and oxygen atoms in total. The molecule has 36 heavy (non-hydrogen) atoms. The molecule has 0 aliphatic heterocycles. The lowest BCUT2D eigenvalue weighted by molar-refractivity contribution is -0.125. The highest BCUT2D eigenvalue weighted by Gasteiger charge is 2.40. The number of nitrogens with two attached hydrogens (primary N) is 1. The van der Waals surface area contributed by atoms with Crippen LogP contribution in [0.1, 0.15) is 5.56 Å². The highest BCUT2D eigenvalue weighted by atomic mass is 79.9. The SMILES string of the molecule is Nc1nc(-c2cc(-c3ccon3)n(Cc3ccccc3F)n2)ncc1N(CC(Br)C(F)(F)F)C(=O)O. The van der Waals surface area contributed by atoms with Crippen molar-refractivity contribution >= 4 is 33.5 Å². The van der Waals surface area contributed by atoms with E-state index < -0.39 is 29.5 Å². The van der Waals surface area contributed by atoms with E-state index >= 15 is 0 Å². The minimum atomic E-state index is -4.69. The number of hydrogen-bond acceptors (Lipinski definition) is 7. The van der Waals surface area contributed by atoms with E-state index in [-0.39, 0.29) is 29.6 Å². The van der Waals surface area contributed by atoms with Crippen LogP contribution in [0, 0.1) is 5.82 Å². The van der Waals surface area contributed by atoms with Crippen LogP contribution in [0.25, 0.3) is 22.9 Å². The van der Waals surface area contributed by atoms with Gasteiger partial charge in [-0.05, 0) is 12.1 Å². The fraction of sp³-hybridized carbons (Fsp3) is 0.190. The molecular weight excluding hydrogens is 554 g/mol. The molecule has 1 unspecified atom stereocenters. The lowest BCUT2D eigenvalue weighted by atomic mass is 10.2. The molecule has 0 saturated heterocycles. The highest BCUT2D eigenvalue weighted by Crippen LogP contribution is 2.31. The number of nitrogen functional groups attached to an aromatic ring is 1. The Labute approximate surface area is 208 Å². The summed E-state index contributed by atoms with van der Waals surface area (Å²) in [6.45, 7) is -0.946. The van der Waals surface area contributed by atoms with Crippen molar-refractivity contribution in [3.8, 4) is 22.9 Å². The topological polar surface area (TPSA) is 136 Å². The molecule has 4 rings (SSSR count). The van der Waals surface area contributed by atoms with Crippen LogP contribution >= 0.6 is 15.9 Å². The Morgan fingerprint density at radius 2 is 2.00 bits per heavy atom. The maximum atomic E-state index is 14.2. The Morgan fingerprint density at radius 1 is 1.25 bits per heavy atom. The number of amides is 1. The van der Waals surface area contributed by atoms with Gasteiger partial charge in [0.05, 0.1) is 25.0 Å². The van der Waals surface area contributed by atoms with Crippen LogP contribution in [0.5, 0.6) is 0 Å². The molecule has 15 heteroatoms. The molecule has 0 aliphatic rings. The Bertz CT molecular complexity index is 1380. The second-order valence-corrected chi connectivity index (χ2v) is 8.52. The third-order valence-electron chi connectivity index (χ3n) is 5.00. The van der Waals surface area contributed by atoms with E-state index in [0.29, 0.717) is 21.9 Å². The summed E-state index contributed by atoms with van der Waals surface area (Å²) in [4.78, 5) is 18.0. The standard InChI is InChI=1S/C21H16BrF4N7O3/c22-17(21(24,25)26)10-32(20(34)35)16-8-28-19(29-18(16)27)14-7-15(13-5-6-36-31-13)33(30-14)9-11-3-1-2-4-12(11)23/h1-8,17H,9-10H2,(H,34,35)(H2,27,28,29). The number of benzene rings is 1. The van der Waals surface area contributed by atoms with Gasteiger partial charge >= 0.3 is 12.3 Å². The van der Waals surface area contributed by atoms with Gasteiger partial charge in [-0.15, -0.1) is 0 Å². The van der Waals surface area contributed by atoms with E-state index in [4.69, 9.17) is 10.3 Å². The maximum absolute atomic E-state index is 14.2. The summed E-state index contributed by atoms with van der Waals surface area (Å²) in [5.74, 6) is -0.857. The van der Waals surface area contributed by atoms with Crippen molar-refractivity contribution in [3.05, 3.63) is 60.2 Å². The average molecular weight is 570 g/mol. The van der Waals surface area contributed by atoms with Crippen LogP contribution < -0.4 is 10.6 Å². The molecular formula is C21H16BrF4N7O3. The molecule has 0 spiro atoms. The summed E-state index contributed by atoms with van der Waals surface area (Å²) in [5.41, 5.74) is 6.92. The van der Waals surface area contributed by atoms with E-state index in [9.17, 15) is 27.5 Å². The number of hydrogen-bond donors (Lipinski definition) is 2. The Kier molecular flexibility index (Phi) is 6.92. The molecule has 3 heterocycles. The number of nitrogens with zero attached hydrogens (tertiary/aromatic N) is 6. The first-order valence-electron chi connectivity index (χ1n) is 10.1.